The standard InChI is InChI=1S/C27H16ClF2N3O4S/c28-15-4-7-21(19(12-15)16-5-6-18(27(35)36)17-8-11-38-23(16)17)37-10-9-33-25(24(29)30)32-20-3-1-2-14(13-31)22(20)26(33)34/h1-8,11-12,24H,9-10H2,(H,35,36). The Balaban J connectivity index is 1.52. The Morgan fingerprint density at radius 3 is 2.74 bits per heavy atom. The third-order valence-electron chi connectivity index (χ3n) is 5.98. The van der Waals surface area contributed by atoms with Gasteiger partial charge in [-0.15, -0.1) is 11.3 Å². The van der Waals surface area contributed by atoms with E-state index in [1.54, 1.807) is 35.7 Å². The van der Waals surface area contributed by atoms with Crippen LogP contribution in [0.3, 0.4) is 0 Å². The van der Waals surface area contributed by atoms with E-state index in [4.69, 9.17) is 16.3 Å². The summed E-state index contributed by atoms with van der Waals surface area (Å²) in [6.45, 7) is -0.424. The van der Waals surface area contributed by atoms with Crippen molar-refractivity contribution < 1.29 is 23.4 Å². The molecule has 2 aromatic heterocycles. The average Bonchev–Trinajstić information content (AvgIpc) is 3.39. The molecule has 190 valence electrons. The summed E-state index contributed by atoms with van der Waals surface area (Å²) in [7, 11) is 0. The molecule has 0 unspecified atom stereocenters. The number of nitrogens with zero attached hydrogens (tertiary/aromatic N) is 3. The lowest BCUT2D eigenvalue weighted by Gasteiger charge is -2.16. The van der Waals surface area contributed by atoms with E-state index < -0.39 is 23.8 Å². The monoisotopic (exact) mass is 551 g/mol. The second kappa shape index (κ2) is 10.2. The number of thiophene rings is 1. The summed E-state index contributed by atoms with van der Waals surface area (Å²) in [6.07, 6.45) is -3.02. The molecule has 0 atom stereocenters. The highest BCUT2D eigenvalue weighted by molar-refractivity contribution is 7.17. The molecule has 1 N–H and O–H groups in total. The number of aromatic carboxylic acids is 1. The zero-order chi connectivity index (χ0) is 27.0. The molecule has 0 fully saturated rings. The zero-order valence-corrected chi connectivity index (χ0v) is 20.9. The van der Waals surface area contributed by atoms with Crippen LogP contribution in [0.4, 0.5) is 8.78 Å². The van der Waals surface area contributed by atoms with Gasteiger partial charge in [0.2, 0.25) is 0 Å². The van der Waals surface area contributed by atoms with Crippen molar-refractivity contribution in [1.29, 1.82) is 5.26 Å². The Bertz CT molecular complexity index is 1830. The molecule has 2 heterocycles. The summed E-state index contributed by atoms with van der Waals surface area (Å²) in [5, 5.41) is 21.6. The Labute approximate surface area is 222 Å². The molecule has 0 bridgehead atoms. The summed E-state index contributed by atoms with van der Waals surface area (Å²) in [5.74, 6) is -1.40. The van der Waals surface area contributed by atoms with Crippen LogP contribution in [0.15, 0.2) is 64.8 Å². The molecule has 0 saturated carbocycles. The van der Waals surface area contributed by atoms with E-state index in [0.717, 1.165) is 9.27 Å². The summed E-state index contributed by atoms with van der Waals surface area (Å²) < 4.78 is 35.1. The Hall–Kier alpha value is -4.33. The molecule has 0 amide bonds. The predicted molar refractivity (Wildman–Crippen MR) is 140 cm³/mol. The topological polar surface area (TPSA) is 105 Å². The number of benzene rings is 3. The Morgan fingerprint density at radius 2 is 2.00 bits per heavy atom. The summed E-state index contributed by atoms with van der Waals surface area (Å²) >= 11 is 7.62. The van der Waals surface area contributed by atoms with Crippen molar-refractivity contribution in [1.82, 2.24) is 9.55 Å². The zero-order valence-electron chi connectivity index (χ0n) is 19.3. The fraction of sp³-hybridized carbons (Fsp3) is 0.111. The van der Waals surface area contributed by atoms with Crippen molar-refractivity contribution in [3.63, 3.8) is 0 Å². The quantitative estimate of drug-likeness (QED) is 0.247. The first-order chi connectivity index (χ1) is 18.3. The van der Waals surface area contributed by atoms with Crippen LogP contribution in [0.1, 0.15) is 28.2 Å². The maximum Gasteiger partial charge on any atom is 0.336 e. The normalized spacial score (nSPS) is 11.2. The first-order valence-electron chi connectivity index (χ1n) is 11.2. The molecule has 38 heavy (non-hydrogen) atoms. The van der Waals surface area contributed by atoms with E-state index >= 15 is 0 Å². The molecule has 0 aliphatic heterocycles. The second-order valence-electron chi connectivity index (χ2n) is 8.16. The van der Waals surface area contributed by atoms with Gasteiger partial charge in [-0.25, -0.2) is 18.6 Å². The smallest absolute Gasteiger partial charge is 0.336 e. The number of aromatic nitrogens is 2. The highest BCUT2D eigenvalue weighted by atomic mass is 35.5. The van der Waals surface area contributed by atoms with Gasteiger partial charge in [-0.05, 0) is 47.8 Å². The Morgan fingerprint density at radius 1 is 1.18 bits per heavy atom. The van der Waals surface area contributed by atoms with Gasteiger partial charge in [0, 0.05) is 26.2 Å². The largest absolute Gasteiger partial charge is 0.491 e. The van der Waals surface area contributed by atoms with Crippen LogP contribution in [0.2, 0.25) is 5.02 Å². The lowest BCUT2D eigenvalue weighted by atomic mass is 10.00. The molecule has 3 aromatic carbocycles. The van der Waals surface area contributed by atoms with Crippen LogP contribution >= 0.6 is 22.9 Å². The van der Waals surface area contributed by atoms with Gasteiger partial charge in [-0.1, -0.05) is 23.7 Å². The Kier molecular flexibility index (Phi) is 6.80. The van der Waals surface area contributed by atoms with Crippen LogP contribution in [0.25, 0.3) is 32.1 Å². The first-order valence-corrected chi connectivity index (χ1v) is 12.4. The molecule has 0 spiro atoms. The van der Waals surface area contributed by atoms with Crippen LogP contribution in [0, 0.1) is 11.3 Å². The number of halogens is 3. The van der Waals surface area contributed by atoms with Crippen molar-refractivity contribution in [2.24, 2.45) is 0 Å². The molecule has 0 saturated heterocycles. The van der Waals surface area contributed by atoms with E-state index in [1.807, 2.05) is 6.07 Å². The van der Waals surface area contributed by atoms with E-state index in [9.17, 15) is 28.7 Å². The third-order valence-corrected chi connectivity index (χ3v) is 7.16. The highest BCUT2D eigenvalue weighted by Crippen LogP contribution is 2.40. The number of alkyl halides is 2. The number of hydrogen-bond donors (Lipinski definition) is 1. The summed E-state index contributed by atoms with van der Waals surface area (Å²) in [6, 6.07) is 16.0. The fourth-order valence-corrected chi connectivity index (χ4v) is 5.43. The number of rotatable bonds is 7. The van der Waals surface area contributed by atoms with E-state index in [0.29, 0.717) is 27.3 Å². The van der Waals surface area contributed by atoms with Crippen molar-refractivity contribution in [3.05, 3.63) is 92.3 Å². The minimum absolute atomic E-state index is 0.0197. The molecule has 11 heteroatoms. The van der Waals surface area contributed by atoms with Gasteiger partial charge in [0.25, 0.3) is 12.0 Å². The third kappa shape index (κ3) is 4.47. The number of carboxylic acid groups (broad SMARTS) is 1. The van der Waals surface area contributed by atoms with Gasteiger partial charge in [0.1, 0.15) is 18.4 Å². The molecule has 0 radical (unpaired) electrons. The number of ether oxygens (including phenoxy) is 1. The fourth-order valence-electron chi connectivity index (χ4n) is 4.30. The SMILES string of the molecule is N#Cc1cccc2nc(C(F)F)n(CCOc3ccc(Cl)cc3-c3ccc(C(=O)O)c4ccsc34)c(=O)c12. The van der Waals surface area contributed by atoms with Gasteiger partial charge >= 0.3 is 5.97 Å². The van der Waals surface area contributed by atoms with Crippen molar-refractivity contribution in [2.45, 2.75) is 13.0 Å². The number of carbonyl (C=O) groups is 1. The first kappa shape index (κ1) is 25.3. The van der Waals surface area contributed by atoms with E-state index in [-0.39, 0.29) is 35.2 Å². The van der Waals surface area contributed by atoms with Crippen LogP contribution in [-0.4, -0.2) is 27.2 Å². The van der Waals surface area contributed by atoms with Gasteiger partial charge in [0.05, 0.1) is 28.6 Å². The van der Waals surface area contributed by atoms with Crippen LogP contribution in [0.5, 0.6) is 5.75 Å². The molecular weight excluding hydrogens is 536 g/mol. The molecule has 0 aliphatic carbocycles. The van der Waals surface area contributed by atoms with Gasteiger partial charge < -0.3 is 9.84 Å². The number of carboxylic acids is 1. The molecule has 0 aliphatic rings. The summed E-state index contributed by atoms with van der Waals surface area (Å²) in [4.78, 5) is 28.7. The number of hydrogen-bond acceptors (Lipinski definition) is 6. The lowest BCUT2D eigenvalue weighted by Crippen LogP contribution is -2.28. The van der Waals surface area contributed by atoms with Gasteiger partial charge in [0.15, 0.2) is 5.82 Å². The maximum absolute atomic E-state index is 13.8. The lowest BCUT2D eigenvalue weighted by molar-refractivity contribution is 0.0699. The van der Waals surface area contributed by atoms with Crippen LogP contribution in [-0.2, 0) is 6.54 Å². The van der Waals surface area contributed by atoms with Crippen LogP contribution < -0.4 is 10.3 Å². The second-order valence-corrected chi connectivity index (χ2v) is 9.51. The van der Waals surface area contributed by atoms with Crippen molar-refractivity contribution >= 4 is 49.9 Å². The van der Waals surface area contributed by atoms with Crippen molar-refractivity contribution in [2.75, 3.05) is 6.61 Å². The number of nitriles is 1. The predicted octanol–water partition coefficient (Wildman–Crippen LogP) is 6.52. The molecule has 7 nitrogen and oxygen atoms in total. The van der Waals surface area contributed by atoms with E-state index in [2.05, 4.69) is 4.98 Å². The van der Waals surface area contributed by atoms with Gasteiger partial charge in [-0.3, -0.25) is 9.36 Å². The molecular formula is C27H16ClF2N3O4S. The van der Waals surface area contributed by atoms with E-state index in [1.165, 1.54) is 35.6 Å². The van der Waals surface area contributed by atoms with Crippen molar-refractivity contribution in [3.8, 4) is 22.9 Å². The minimum atomic E-state index is -3.02. The molecule has 5 rings (SSSR count). The maximum atomic E-state index is 13.8. The number of fused-ring (bicyclic) bond motifs is 2. The average molecular weight is 552 g/mol. The minimum Gasteiger partial charge on any atom is -0.491 e. The summed E-state index contributed by atoms with van der Waals surface area (Å²) in [5.41, 5.74) is 0.730. The highest BCUT2D eigenvalue weighted by Gasteiger charge is 2.21. The van der Waals surface area contributed by atoms with Gasteiger partial charge in [-0.2, -0.15) is 5.26 Å². The molecule has 5 aromatic rings.